The molecule has 0 aromatic heterocycles. The number of hydrogen-bond donors (Lipinski definition) is 2. The Hall–Kier alpha value is -2.97. The Morgan fingerprint density at radius 3 is 2.52 bits per heavy atom. The second-order valence-electron chi connectivity index (χ2n) is 7.41. The fourth-order valence-corrected chi connectivity index (χ4v) is 3.37. The highest BCUT2D eigenvalue weighted by Crippen LogP contribution is 2.29. The van der Waals surface area contributed by atoms with E-state index in [9.17, 15) is 24.5 Å². The topological polar surface area (TPSA) is 128 Å². The number of non-ortho nitro benzene ring substituents is 1. The molecule has 2 amide bonds. The van der Waals surface area contributed by atoms with Crippen molar-refractivity contribution in [3.05, 3.63) is 39.9 Å². The zero-order valence-corrected chi connectivity index (χ0v) is 16.7. The van der Waals surface area contributed by atoms with Gasteiger partial charge in [0, 0.05) is 30.3 Å². The summed E-state index contributed by atoms with van der Waals surface area (Å²) in [6.07, 6.45) is 3.08. The number of hydrogen-bond acceptors (Lipinski definition) is 6. The lowest BCUT2D eigenvalue weighted by molar-refractivity contribution is -0.384. The monoisotopic (exact) mass is 405 g/mol. The van der Waals surface area contributed by atoms with Crippen LogP contribution in [-0.4, -0.2) is 41.9 Å². The maximum absolute atomic E-state index is 12.0. The van der Waals surface area contributed by atoms with Gasteiger partial charge in [-0.3, -0.25) is 24.5 Å². The van der Waals surface area contributed by atoms with Crippen molar-refractivity contribution in [2.24, 2.45) is 11.8 Å². The van der Waals surface area contributed by atoms with Gasteiger partial charge in [0.05, 0.1) is 11.3 Å². The van der Waals surface area contributed by atoms with E-state index in [0.717, 1.165) is 19.3 Å². The van der Waals surface area contributed by atoms with Gasteiger partial charge in [-0.1, -0.05) is 26.7 Å². The first kappa shape index (κ1) is 22.3. The SMILES string of the molecule is C[C@@H]1[C@H](C)CCC[C@H]1NC(=O)COC(=O)CCNC(=O)c1ccc([N+](=O)[O-])cc1. The number of nitrogens with zero attached hydrogens (tertiary/aromatic N) is 1. The van der Waals surface area contributed by atoms with Crippen molar-refractivity contribution in [3.63, 3.8) is 0 Å². The number of carbonyl (C=O) groups is 3. The van der Waals surface area contributed by atoms with E-state index >= 15 is 0 Å². The van der Waals surface area contributed by atoms with Gasteiger partial charge in [0.2, 0.25) is 0 Å². The van der Waals surface area contributed by atoms with E-state index in [2.05, 4.69) is 24.5 Å². The number of nitro groups is 1. The van der Waals surface area contributed by atoms with Crippen molar-refractivity contribution in [2.75, 3.05) is 13.2 Å². The number of benzene rings is 1. The van der Waals surface area contributed by atoms with E-state index < -0.39 is 16.8 Å². The van der Waals surface area contributed by atoms with Gasteiger partial charge in [0.25, 0.3) is 17.5 Å². The highest BCUT2D eigenvalue weighted by molar-refractivity contribution is 5.94. The van der Waals surface area contributed by atoms with Crippen LogP contribution < -0.4 is 10.6 Å². The lowest BCUT2D eigenvalue weighted by atomic mass is 9.78. The molecule has 0 spiro atoms. The lowest BCUT2D eigenvalue weighted by Crippen LogP contribution is -2.45. The van der Waals surface area contributed by atoms with E-state index in [1.54, 1.807) is 0 Å². The quantitative estimate of drug-likeness (QED) is 0.388. The Balaban J connectivity index is 1.65. The second-order valence-corrected chi connectivity index (χ2v) is 7.41. The van der Waals surface area contributed by atoms with Crippen LogP contribution in [0, 0.1) is 22.0 Å². The zero-order chi connectivity index (χ0) is 21.4. The van der Waals surface area contributed by atoms with Crippen molar-refractivity contribution in [2.45, 2.75) is 45.6 Å². The molecule has 0 unspecified atom stereocenters. The van der Waals surface area contributed by atoms with E-state index in [4.69, 9.17) is 4.74 Å². The molecular formula is C20H27N3O6. The van der Waals surface area contributed by atoms with Crippen LogP contribution in [0.2, 0.25) is 0 Å². The second kappa shape index (κ2) is 10.5. The van der Waals surface area contributed by atoms with E-state index in [1.807, 2.05) is 0 Å². The third-order valence-electron chi connectivity index (χ3n) is 5.37. The van der Waals surface area contributed by atoms with Crippen LogP contribution in [0.4, 0.5) is 5.69 Å². The lowest BCUT2D eigenvalue weighted by Gasteiger charge is -2.34. The van der Waals surface area contributed by atoms with Gasteiger partial charge in [0.1, 0.15) is 0 Å². The van der Waals surface area contributed by atoms with E-state index in [0.29, 0.717) is 11.8 Å². The van der Waals surface area contributed by atoms with Gasteiger partial charge >= 0.3 is 5.97 Å². The molecule has 0 saturated heterocycles. The summed E-state index contributed by atoms with van der Waals surface area (Å²) in [5.41, 5.74) is 0.139. The summed E-state index contributed by atoms with van der Waals surface area (Å²) in [5.74, 6) is -0.423. The predicted octanol–water partition coefficient (Wildman–Crippen LogP) is 2.20. The molecule has 0 aliphatic heterocycles. The summed E-state index contributed by atoms with van der Waals surface area (Å²) < 4.78 is 4.96. The minimum Gasteiger partial charge on any atom is -0.456 e. The average Bonchev–Trinajstić information content (AvgIpc) is 2.70. The number of amides is 2. The molecule has 158 valence electrons. The van der Waals surface area contributed by atoms with Crippen LogP contribution in [0.5, 0.6) is 0 Å². The molecule has 0 radical (unpaired) electrons. The summed E-state index contributed by atoms with van der Waals surface area (Å²) >= 11 is 0. The highest BCUT2D eigenvalue weighted by Gasteiger charge is 2.28. The summed E-state index contributed by atoms with van der Waals surface area (Å²) in [6.45, 7) is 3.99. The van der Waals surface area contributed by atoms with Gasteiger partial charge in [-0.25, -0.2) is 0 Å². The molecule has 1 saturated carbocycles. The molecule has 0 heterocycles. The van der Waals surface area contributed by atoms with Crippen LogP contribution in [0.3, 0.4) is 0 Å². The van der Waals surface area contributed by atoms with Crippen molar-refractivity contribution in [1.82, 2.24) is 10.6 Å². The standard InChI is InChI=1S/C20H27N3O6/c1-13-4-3-5-17(14(13)2)22-18(24)12-29-19(25)10-11-21-20(26)15-6-8-16(9-7-15)23(27)28/h6-9,13-14,17H,3-5,10-12H2,1-2H3,(H,21,26)(H,22,24)/t13-,14-,17-/m1/s1. The molecule has 1 aromatic rings. The number of ether oxygens (including phenoxy) is 1. The first-order valence-corrected chi connectivity index (χ1v) is 9.75. The number of nitrogens with one attached hydrogen (secondary N) is 2. The maximum Gasteiger partial charge on any atom is 0.308 e. The van der Waals surface area contributed by atoms with Gasteiger partial charge in [-0.15, -0.1) is 0 Å². The molecule has 0 bridgehead atoms. The minimum atomic E-state index is -0.589. The van der Waals surface area contributed by atoms with Crippen molar-refractivity contribution < 1.29 is 24.0 Å². The Bertz CT molecular complexity index is 749. The molecule has 9 nitrogen and oxygen atoms in total. The first-order valence-electron chi connectivity index (χ1n) is 9.75. The minimum absolute atomic E-state index is 0.0352. The summed E-state index contributed by atoms with van der Waals surface area (Å²) in [4.78, 5) is 45.8. The molecule has 1 fully saturated rings. The molecule has 9 heteroatoms. The van der Waals surface area contributed by atoms with Gasteiger partial charge in [-0.05, 0) is 30.4 Å². The Morgan fingerprint density at radius 2 is 1.86 bits per heavy atom. The van der Waals surface area contributed by atoms with Crippen molar-refractivity contribution in [1.29, 1.82) is 0 Å². The Labute approximate surface area is 169 Å². The Kier molecular flexibility index (Phi) is 8.11. The van der Waals surface area contributed by atoms with Gasteiger partial charge in [0.15, 0.2) is 6.61 Å². The Morgan fingerprint density at radius 1 is 1.17 bits per heavy atom. The molecule has 1 aliphatic rings. The maximum atomic E-state index is 12.0. The van der Waals surface area contributed by atoms with E-state index in [-0.39, 0.29) is 42.8 Å². The largest absolute Gasteiger partial charge is 0.456 e. The van der Waals surface area contributed by atoms with Crippen LogP contribution >= 0.6 is 0 Å². The van der Waals surface area contributed by atoms with Gasteiger partial charge in [-0.2, -0.15) is 0 Å². The number of carbonyl (C=O) groups excluding carboxylic acids is 3. The number of rotatable bonds is 8. The third-order valence-corrected chi connectivity index (χ3v) is 5.37. The number of esters is 1. The molecule has 2 rings (SSSR count). The van der Waals surface area contributed by atoms with E-state index in [1.165, 1.54) is 24.3 Å². The molecule has 29 heavy (non-hydrogen) atoms. The molecule has 2 N–H and O–H groups in total. The highest BCUT2D eigenvalue weighted by atomic mass is 16.6. The summed E-state index contributed by atoms with van der Waals surface area (Å²) in [6, 6.07) is 5.24. The normalized spacial score (nSPS) is 21.1. The van der Waals surface area contributed by atoms with Crippen molar-refractivity contribution in [3.8, 4) is 0 Å². The fraction of sp³-hybridized carbons (Fsp3) is 0.550. The van der Waals surface area contributed by atoms with Crippen LogP contribution in [0.15, 0.2) is 24.3 Å². The van der Waals surface area contributed by atoms with Gasteiger partial charge < -0.3 is 15.4 Å². The predicted molar refractivity (Wildman–Crippen MR) is 105 cm³/mol. The zero-order valence-electron chi connectivity index (χ0n) is 16.7. The third kappa shape index (κ3) is 6.85. The molecular weight excluding hydrogens is 378 g/mol. The first-order chi connectivity index (χ1) is 13.8. The summed E-state index contributed by atoms with van der Waals surface area (Å²) in [5, 5.41) is 16.1. The molecule has 1 aromatic carbocycles. The fourth-order valence-electron chi connectivity index (χ4n) is 3.37. The van der Waals surface area contributed by atoms with Crippen molar-refractivity contribution >= 4 is 23.5 Å². The summed E-state index contributed by atoms with van der Waals surface area (Å²) in [7, 11) is 0. The molecule has 1 aliphatic carbocycles. The smallest absolute Gasteiger partial charge is 0.308 e. The van der Waals surface area contributed by atoms with Crippen LogP contribution in [0.25, 0.3) is 0 Å². The van der Waals surface area contributed by atoms with Crippen LogP contribution in [-0.2, 0) is 14.3 Å². The average molecular weight is 405 g/mol. The number of nitro benzene ring substituents is 1. The van der Waals surface area contributed by atoms with Crippen LogP contribution in [0.1, 0.15) is 49.9 Å². The molecule has 3 atom stereocenters.